The lowest BCUT2D eigenvalue weighted by Gasteiger charge is -2.19. The Hall–Kier alpha value is -1.83. The summed E-state index contributed by atoms with van der Waals surface area (Å²) < 4.78 is 4.86. The minimum Gasteiger partial charge on any atom is -0.383 e. The highest BCUT2D eigenvalue weighted by molar-refractivity contribution is 6.00. The van der Waals surface area contributed by atoms with Crippen LogP contribution >= 0.6 is 12.4 Å². The third-order valence-electron chi connectivity index (χ3n) is 3.50. The van der Waals surface area contributed by atoms with Crippen molar-refractivity contribution in [2.24, 2.45) is 5.73 Å². The van der Waals surface area contributed by atoms with Gasteiger partial charge in [-0.15, -0.1) is 12.4 Å². The van der Waals surface area contributed by atoms with Crippen LogP contribution in [-0.4, -0.2) is 49.7 Å². The molecule has 8 heteroatoms. The highest BCUT2D eigenvalue weighted by atomic mass is 35.5. The summed E-state index contributed by atoms with van der Waals surface area (Å²) in [5.74, 6) is -0.357. The zero-order valence-corrected chi connectivity index (χ0v) is 13.9. The Balaban J connectivity index is 0.00000264. The van der Waals surface area contributed by atoms with E-state index >= 15 is 0 Å². The maximum Gasteiger partial charge on any atom is 0.321 e. The number of ether oxygens (including phenoxy) is 1. The van der Waals surface area contributed by atoms with Crippen LogP contribution in [0.4, 0.5) is 16.2 Å². The SMILES string of the molecule is COCC(N)C(=O)Nc1ccccc1NC(=O)N1CCCC1.Cl. The van der Waals surface area contributed by atoms with E-state index in [0.717, 1.165) is 25.9 Å². The second-order valence-electron chi connectivity index (χ2n) is 5.22. The summed E-state index contributed by atoms with van der Waals surface area (Å²) in [5.41, 5.74) is 6.77. The van der Waals surface area contributed by atoms with E-state index in [1.807, 2.05) is 0 Å². The molecule has 1 aliphatic heterocycles. The van der Waals surface area contributed by atoms with Gasteiger partial charge in [0.05, 0.1) is 18.0 Å². The molecule has 0 radical (unpaired) electrons. The molecule has 0 saturated carbocycles. The van der Waals surface area contributed by atoms with E-state index in [2.05, 4.69) is 10.6 Å². The third-order valence-corrected chi connectivity index (χ3v) is 3.50. The largest absolute Gasteiger partial charge is 0.383 e. The van der Waals surface area contributed by atoms with Crippen LogP contribution in [0.3, 0.4) is 0 Å². The molecular formula is C15H23ClN4O3. The summed E-state index contributed by atoms with van der Waals surface area (Å²) in [5, 5.41) is 5.54. The first kappa shape index (κ1) is 19.2. The van der Waals surface area contributed by atoms with Crippen molar-refractivity contribution in [1.29, 1.82) is 0 Å². The molecule has 7 nitrogen and oxygen atoms in total. The second-order valence-corrected chi connectivity index (χ2v) is 5.22. The van der Waals surface area contributed by atoms with Gasteiger partial charge in [-0.25, -0.2) is 4.79 Å². The van der Waals surface area contributed by atoms with Crippen LogP contribution in [0, 0.1) is 0 Å². The maximum absolute atomic E-state index is 12.1. The zero-order valence-electron chi connectivity index (χ0n) is 13.1. The first-order valence-corrected chi connectivity index (χ1v) is 7.32. The summed E-state index contributed by atoms with van der Waals surface area (Å²) in [6.07, 6.45) is 2.05. The number of carbonyl (C=O) groups is 2. The highest BCUT2D eigenvalue weighted by Crippen LogP contribution is 2.22. The lowest BCUT2D eigenvalue weighted by molar-refractivity contribution is -0.118. The van der Waals surface area contributed by atoms with Crippen LogP contribution in [0.1, 0.15) is 12.8 Å². The summed E-state index contributed by atoms with van der Waals surface area (Å²) in [6.45, 7) is 1.66. The molecule has 1 aromatic rings. The van der Waals surface area contributed by atoms with Gasteiger partial charge in [0, 0.05) is 20.2 Å². The molecule has 4 N–H and O–H groups in total. The number of nitrogens with one attached hydrogen (secondary N) is 2. The number of para-hydroxylation sites is 2. The number of hydrogen-bond donors (Lipinski definition) is 3. The van der Waals surface area contributed by atoms with Gasteiger partial charge in [-0.1, -0.05) is 12.1 Å². The smallest absolute Gasteiger partial charge is 0.321 e. The molecule has 3 amide bonds. The van der Waals surface area contributed by atoms with E-state index in [1.165, 1.54) is 7.11 Å². The molecule has 0 bridgehead atoms. The van der Waals surface area contributed by atoms with Crippen LogP contribution < -0.4 is 16.4 Å². The number of nitrogens with two attached hydrogens (primary N) is 1. The fourth-order valence-electron chi connectivity index (χ4n) is 2.30. The van der Waals surface area contributed by atoms with Gasteiger partial charge in [-0.2, -0.15) is 0 Å². The third kappa shape index (κ3) is 5.38. The number of nitrogens with zero attached hydrogens (tertiary/aromatic N) is 1. The van der Waals surface area contributed by atoms with Crippen LogP contribution in [-0.2, 0) is 9.53 Å². The van der Waals surface area contributed by atoms with E-state index in [-0.39, 0.29) is 31.0 Å². The predicted octanol–water partition coefficient (Wildman–Crippen LogP) is 1.65. The Labute approximate surface area is 141 Å². The molecule has 1 aliphatic rings. The second kappa shape index (κ2) is 9.34. The Bertz CT molecular complexity index is 535. The Morgan fingerprint density at radius 1 is 1.22 bits per heavy atom. The van der Waals surface area contributed by atoms with Gasteiger partial charge < -0.3 is 26.0 Å². The van der Waals surface area contributed by atoms with Gasteiger partial charge in [0.1, 0.15) is 6.04 Å². The van der Waals surface area contributed by atoms with Gasteiger partial charge >= 0.3 is 6.03 Å². The van der Waals surface area contributed by atoms with Gasteiger partial charge in [0.25, 0.3) is 0 Å². The molecule has 1 heterocycles. The summed E-state index contributed by atoms with van der Waals surface area (Å²) in [6, 6.07) is 6.13. The number of hydrogen-bond acceptors (Lipinski definition) is 4. The van der Waals surface area contributed by atoms with E-state index in [9.17, 15) is 9.59 Å². The van der Waals surface area contributed by atoms with Crippen LogP contribution in [0.5, 0.6) is 0 Å². The van der Waals surface area contributed by atoms with Crippen molar-refractivity contribution in [1.82, 2.24) is 4.90 Å². The fraction of sp³-hybridized carbons (Fsp3) is 0.467. The Morgan fingerprint density at radius 2 is 1.78 bits per heavy atom. The van der Waals surface area contributed by atoms with Gasteiger partial charge in [0.15, 0.2) is 0 Å². The molecular weight excluding hydrogens is 320 g/mol. The summed E-state index contributed by atoms with van der Waals surface area (Å²) in [7, 11) is 1.48. The van der Waals surface area contributed by atoms with Crippen molar-refractivity contribution in [2.45, 2.75) is 18.9 Å². The van der Waals surface area contributed by atoms with Crippen molar-refractivity contribution in [2.75, 3.05) is 37.4 Å². The molecule has 1 fully saturated rings. The van der Waals surface area contributed by atoms with Gasteiger partial charge in [0.2, 0.25) is 5.91 Å². The number of likely N-dealkylation sites (tertiary alicyclic amines) is 1. The van der Waals surface area contributed by atoms with E-state index in [1.54, 1.807) is 29.2 Å². The topological polar surface area (TPSA) is 96.7 Å². The number of halogens is 1. The lowest BCUT2D eigenvalue weighted by atomic mass is 10.2. The molecule has 23 heavy (non-hydrogen) atoms. The monoisotopic (exact) mass is 342 g/mol. The van der Waals surface area contributed by atoms with Crippen molar-refractivity contribution in [3.05, 3.63) is 24.3 Å². The Morgan fingerprint density at radius 3 is 2.35 bits per heavy atom. The minimum atomic E-state index is -0.757. The van der Waals surface area contributed by atoms with E-state index in [0.29, 0.717) is 11.4 Å². The minimum absolute atomic E-state index is 0. The number of carbonyl (C=O) groups excluding carboxylic acids is 2. The van der Waals surface area contributed by atoms with Crippen molar-refractivity contribution >= 4 is 35.7 Å². The number of urea groups is 1. The Kier molecular flexibility index (Phi) is 7.80. The van der Waals surface area contributed by atoms with Crippen LogP contribution in [0.15, 0.2) is 24.3 Å². The average Bonchev–Trinajstić information content (AvgIpc) is 3.03. The molecule has 1 atom stereocenters. The van der Waals surface area contributed by atoms with Crippen LogP contribution in [0.2, 0.25) is 0 Å². The van der Waals surface area contributed by atoms with Crippen molar-refractivity contribution in [3.8, 4) is 0 Å². The molecule has 0 aliphatic carbocycles. The van der Waals surface area contributed by atoms with E-state index < -0.39 is 6.04 Å². The molecule has 1 unspecified atom stereocenters. The summed E-state index contributed by atoms with van der Waals surface area (Å²) in [4.78, 5) is 25.9. The normalized spacial score (nSPS) is 14.8. The van der Waals surface area contributed by atoms with Crippen molar-refractivity contribution in [3.63, 3.8) is 0 Å². The number of amides is 3. The molecule has 1 saturated heterocycles. The molecule has 1 aromatic carbocycles. The number of methoxy groups -OCH3 is 1. The molecule has 128 valence electrons. The van der Waals surface area contributed by atoms with Crippen molar-refractivity contribution < 1.29 is 14.3 Å². The molecule has 0 spiro atoms. The van der Waals surface area contributed by atoms with Crippen LogP contribution in [0.25, 0.3) is 0 Å². The lowest BCUT2D eigenvalue weighted by Crippen LogP contribution is -2.39. The number of benzene rings is 1. The van der Waals surface area contributed by atoms with E-state index in [4.69, 9.17) is 10.5 Å². The fourth-order valence-corrected chi connectivity index (χ4v) is 2.30. The first-order chi connectivity index (χ1) is 10.6. The summed E-state index contributed by atoms with van der Waals surface area (Å²) >= 11 is 0. The molecule has 0 aromatic heterocycles. The highest BCUT2D eigenvalue weighted by Gasteiger charge is 2.20. The van der Waals surface area contributed by atoms with Gasteiger partial charge in [-0.3, -0.25) is 4.79 Å². The quantitative estimate of drug-likeness (QED) is 0.758. The standard InChI is InChI=1S/C15H22N4O3.ClH/c1-22-10-11(16)14(20)17-12-6-2-3-7-13(12)18-15(21)19-8-4-5-9-19;/h2-3,6-7,11H,4-5,8-10,16H2,1H3,(H,17,20)(H,18,21);1H. The average molecular weight is 343 g/mol. The number of anilines is 2. The maximum atomic E-state index is 12.1. The van der Waals surface area contributed by atoms with Gasteiger partial charge in [-0.05, 0) is 25.0 Å². The number of rotatable bonds is 5. The first-order valence-electron chi connectivity index (χ1n) is 7.32. The predicted molar refractivity (Wildman–Crippen MR) is 92.0 cm³/mol. The zero-order chi connectivity index (χ0) is 15.9. The molecule has 2 rings (SSSR count).